The van der Waals surface area contributed by atoms with E-state index in [1.54, 1.807) is 12.7 Å². The molecule has 0 saturated carbocycles. The van der Waals surface area contributed by atoms with Gasteiger partial charge in [-0.2, -0.15) is 0 Å². The summed E-state index contributed by atoms with van der Waals surface area (Å²) in [6, 6.07) is 7.43. The molecule has 0 fully saturated rings. The van der Waals surface area contributed by atoms with E-state index in [-0.39, 0.29) is 0 Å². The van der Waals surface area contributed by atoms with E-state index in [0.29, 0.717) is 19.3 Å². The Morgan fingerprint density at radius 3 is 2.55 bits per heavy atom. The van der Waals surface area contributed by atoms with Gasteiger partial charge in [0.2, 0.25) is 0 Å². The molecule has 3 heteroatoms. The van der Waals surface area contributed by atoms with Gasteiger partial charge in [0.05, 0.1) is 19.8 Å². The Morgan fingerprint density at radius 1 is 1.15 bits per heavy atom. The zero-order chi connectivity index (χ0) is 14.4. The lowest BCUT2D eigenvalue weighted by Gasteiger charge is -2.30. The van der Waals surface area contributed by atoms with E-state index in [1.807, 2.05) is 0 Å². The number of likely N-dealkylation sites (N-methyl/N-ethyl adjacent to an activating group) is 1. The highest BCUT2D eigenvalue weighted by Gasteiger charge is 2.18. The Morgan fingerprint density at radius 2 is 1.95 bits per heavy atom. The first-order valence-corrected chi connectivity index (χ1v) is 7.68. The minimum absolute atomic E-state index is 0.455. The lowest BCUT2D eigenvalue weighted by Crippen LogP contribution is -2.31. The summed E-state index contributed by atoms with van der Waals surface area (Å²) in [5.74, 6) is 0. The number of aryl methyl sites for hydroxylation is 2. The summed E-state index contributed by atoms with van der Waals surface area (Å²) in [6.07, 6.45) is 2.51. The van der Waals surface area contributed by atoms with Gasteiger partial charge in [0.1, 0.15) is 0 Å². The fourth-order valence-electron chi connectivity index (χ4n) is 2.74. The van der Waals surface area contributed by atoms with Crippen molar-refractivity contribution in [2.45, 2.75) is 32.7 Å². The van der Waals surface area contributed by atoms with E-state index in [9.17, 15) is 0 Å². The average Bonchev–Trinajstić information content (AvgIpc) is 2.44. The van der Waals surface area contributed by atoms with E-state index < -0.39 is 0 Å². The zero-order valence-electron chi connectivity index (χ0n) is 13.0. The van der Waals surface area contributed by atoms with Crippen LogP contribution >= 0.6 is 0 Å². The van der Waals surface area contributed by atoms with Crippen molar-refractivity contribution in [2.75, 3.05) is 40.0 Å². The molecule has 1 aromatic rings. The maximum atomic E-state index is 5.58. The van der Waals surface area contributed by atoms with Crippen LogP contribution in [0.1, 0.15) is 36.6 Å². The Balaban J connectivity index is 1.84. The van der Waals surface area contributed by atoms with Crippen molar-refractivity contribution >= 4 is 0 Å². The normalized spacial score (nSPS) is 15.0. The fraction of sp³-hybridized carbons (Fsp3) is 0.647. The van der Waals surface area contributed by atoms with Crippen LogP contribution in [0.25, 0.3) is 0 Å². The smallest absolute Gasteiger partial charge is 0.0700 e. The minimum atomic E-state index is 0.455. The number of rotatable bonds is 9. The zero-order valence-corrected chi connectivity index (χ0v) is 13.0. The largest absolute Gasteiger partial charge is 0.382 e. The third-order valence-electron chi connectivity index (χ3n) is 4.28. The van der Waals surface area contributed by atoms with Gasteiger partial charge < -0.3 is 9.47 Å². The second-order valence-electron chi connectivity index (χ2n) is 5.44. The van der Waals surface area contributed by atoms with Gasteiger partial charge in [0.15, 0.2) is 0 Å². The summed E-state index contributed by atoms with van der Waals surface area (Å²) in [5, 5.41) is 0. The second-order valence-corrected chi connectivity index (χ2v) is 5.44. The number of methoxy groups -OCH3 is 1. The molecule has 20 heavy (non-hydrogen) atoms. The molecule has 0 amide bonds. The molecule has 2 rings (SSSR count). The molecule has 112 valence electrons. The number of benzene rings is 1. The summed E-state index contributed by atoms with van der Waals surface area (Å²) in [4.78, 5) is 2.47. The quantitative estimate of drug-likeness (QED) is 0.648. The van der Waals surface area contributed by atoms with Crippen molar-refractivity contribution in [1.82, 2.24) is 4.90 Å². The second kappa shape index (κ2) is 7.77. The van der Waals surface area contributed by atoms with E-state index in [4.69, 9.17) is 9.47 Å². The molecule has 3 nitrogen and oxygen atoms in total. The molecule has 0 spiro atoms. The van der Waals surface area contributed by atoms with Gasteiger partial charge in [-0.05, 0) is 43.0 Å². The van der Waals surface area contributed by atoms with Crippen molar-refractivity contribution in [2.24, 2.45) is 0 Å². The van der Waals surface area contributed by atoms with Gasteiger partial charge in [-0.25, -0.2) is 0 Å². The van der Waals surface area contributed by atoms with Gasteiger partial charge in [-0.15, -0.1) is 0 Å². The van der Waals surface area contributed by atoms with Crippen molar-refractivity contribution in [3.63, 3.8) is 0 Å². The van der Waals surface area contributed by atoms with E-state index in [2.05, 4.69) is 36.9 Å². The molecule has 0 heterocycles. The maximum absolute atomic E-state index is 5.58. The summed E-state index contributed by atoms with van der Waals surface area (Å²) >= 11 is 0. The lowest BCUT2D eigenvalue weighted by molar-refractivity contribution is 0.0518. The Bertz CT molecular complexity index is 419. The van der Waals surface area contributed by atoms with Crippen molar-refractivity contribution < 1.29 is 9.47 Å². The van der Waals surface area contributed by atoms with Gasteiger partial charge >= 0.3 is 0 Å². The highest BCUT2D eigenvalue weighted by molar-refractivity contribution is 5.39. The van der Waals surface area contributed by atoms with Crippen LogP contribution in [0.2, 0.25) is 0 Å². The third-order valence-corrected chi connectivity index (χ3v) is 4.28. The maximum Gasteiger partial charge on any atom is 0.0700 e. The Kier molecular flexibility index (Phi) is 6.02. The van der Waals surface area contributed by atoms with Crippen LogP contribution in [0.5, 0.6) is 0 Å². The van der Waals surface area contributed by atoms with Crippen LogP contribution in [0.3, 0.4) is 0 Å². The van der Waals surface area contributed by atoms with Crippen LogP contribution < -0.4 is 0 Å². The first-order valence-electron chi connectivity index (χ1n) is 7.68. The molecule has 1 unspecified atom stereocenters. The topological polar surface area (TPSA) is 21.7 Å². The number of nitrogens with zero attached hydrogens (tertiary/aromatic N) is 1. The van der Waals surface area contributed by atoms with Crippen LogP contribution in [-0.2, 0) is 22.3 Å². The molecule has 0 bridgehead atoms. The number of hydrogen-bond donors (Lipinski definition) is 0. The standard InChI is InChI=1S/C17H27NO2/c1-4-18(9-10-20-12-11-19-3)14(2)16-7-5-15-6-8-17(15)13-16/h5,7,13-14H,4,6,8-12H2,1-3H3. The average molecular weight is 277 g/mol. The number of fused-ring (bicyclic) bond motifs is 1. The summed E-state index contributed by atoms with van der Waals surface area (Å²) < 4.78 is 10.6. The Labute approximate surface area is 122 Å². The fourth-order valence-corrected chi connectivity index (χ4v) is 2.74. The predicted molar refractivity (Wildman–Crippen MR) is 82.2 cm³/mol. The SMILES string of the molecule is CCN(CCOCCOC)C(C)c1ccc2c(c1)CC2. The van der Waals surface area contributed by atoms with Gasteiger partial charge in [0, 0.05) is 19.7 Å². The molecule has 0 N–H and O–H groups in total. The first-order chi connectivity index (χ1) is 9.76. The lowest BCUT2D eigenvalue weighted by atomic mass is 9.86. The van der Waals surface area contributed by atoms with Crippen LogP contribution in [0.4, 0.5) is 0 Å². The molecule has 1 aromatic carbocycles. The van der Waals surface area contributed by atoms with E-state index in [1.165, 1.54) is 24.0 Å². The highest BCUT2D eigenvalue weighted by atomic mass is 16.5. The molecule has 1 atom stereocenters. The molecule has 1 aliphatic carbocycles. The molecule has 0 aliphatic heterocycles. The summed E-state index contributed by atoms with van der Waals surface area (Å²) in [6.45, 7) is 8.65. The molecule has 0 aromatic heterocycles. The van der Waals surface area contributed by atoms with Crippen LogP contribution in [-0.4, -0.2) is 44.9 Å². The summed E-state index contributed by atoms with van der Waals surface area (Å²) in [7, 11) is 1.70. The molecule has 1 aliphatic rings. The van der Waals surface area contributed by atoms with Crippen molar-refractivity contribution in [1.29, 1.82) is 0 Å². The molecular weight excluding hydrogens is 250 g/mol. The van der Waals surface area contributed by atoms with Gasteiger partial charge in [0.25, 0.3) is 0 Å². The predicted octanol–water partition coefficient (Wildman–Crippen LogP) is 2.83. The summed E-state index contributed by atoms with van der Waals surface area (Å²) in [5.41, 5.74) is 4.51. The van der Waals surface area contributed by atoms with Crippen LogP contribution in [0.15, 0.2) is 18.2 Å². The van der Waals surface area contributed by atoms with Crippen LogP contribution in [0, 0.1) is 0 Å². The minimum Gasteiger partial charge on any atom is -0.382 e. The van der Waals surface area contributed by atoms with Crippen molar-refractivity contribution in [3.8, 4) is 0 Å². The molecule has 0 saturated heterocycles. The molecular formula is C17H27NO2. The van der Waals surface area contributed by atoms with Gasteiger partial charge in [-0.1, -0.05) is 25.1 Å². The van der Waals surface area contributed by atoms with E-state index >= 15 is 0 Å². The highest BCUT2D eigenvalue weighted by Crippen LogP contribution is 2.28. The number of hydrogen-bond acceptors (Lipinski definition) is 3. The number of ether oxygens (including phenoxy) is 2. The third kappa shape index (κ3) is 3.81. The monoisotopic (exact) mass is 277 g/mol. The Hall–Kier alpha value is -0.900. The van der Waals surface area contributed by atoms with E-state index in [0.717, 1.165) is 19.7 Å². The van der Waals surface area contributed by atoms with Gasteiger partial charge in [-0.3, -0.25) is 4.90 Å². The first kappa shape index (κ1) is 15.5. The van der Waals surface area contributed by atoms with Crippen molar-refractivity contribution in [3.05, 3.63) is 34.9 Å². The molecule has 0 radical (unpaired) electrons.